The molecule has 1 saturated heterocycles. The van der Waals surface area contributed by atoms with Crippen molar-refractivity contribution in [2.45, 2.75) is 32.2 Å². The fourth-order valence-corrected chi connectivity index (χ4v) is 3.90. The highest BCUT2D eigenvalue weighted by atomic mass is 16.2. The van der Waals surface area contributed by atoms with E-state index >= 15 is 0 Å². The molecule has 4 rings (SSSR count). The van der Waals surface area contributed by atoms with Gasteiger partial charge in [0.25, 0.3) is 0 Å². The van der Waals surface area contributed by atoms with Crippen LogP contribution in [0.25, 0.3) is 10.9 Å². The van der Waals surface area contributed by atoms with Gasteiger partial charge in [-0.15, -0.1) is 0 Å². The molecule has 128 valence electrons. The summed E-state index contributed by atoms with van der Waals surface area (Å²) < 4.78 is 0. The van der Waals surface area contributed by atoms with Gasteiger partial charge < -0.3 is 20.5 Å². The predicted octanol–water partition coefficient (Wildman–Crippen LogP) is 1.57. The van der Waals surface area contributed by atoms with E-state index in [4.69, 9.17) is 0 Å². The normalized spacial score (nSPS) is 17.9. The summed E-state index contributed by atoms with van der Waals surface area (Å²) >= 11 is 0. The smallest absolute Gasteiger partial charge is 0.236 e. The zero-order valence-corrected chi connectivity index (χ0v) is 14.2. The topological polar surface area (TPSA) is 60.2 Å². The number of carbonyl (C=O) groups excluding carboxylic acids is 1. The van der Waals surface area contributed by atoms with E-state index in [9.17, 15) is 4.79 Å². The standard InChI is InChI=1S/C19H26N4O/c24-19(23-9-7-20-8-10-23)13-21-12-14-5-6-18-16(11-14)15-3-1-2-4-17(15)22-18/h5-6,11,20-22H,1-4,7-10,12-13H2. The molecule has 1 aromatic carbocycles. The molecule has 0 bridgehead atoms. The van der Waals surface area contributed by atoms with Gasteiger partial charge in [-0.25, -0.2) is 0 Å². The van der Waals surface area contributed by atoms with Crippen LogP contribution in [0.1, 0.15) is 29.7 Å². The predicted molar refractivity (Wildman–Crippen MR) is 96.1 cm³/mol. The second-order valence-corrected chi connectivity index (χ2v) is 6.90. The van der Waals surface area contributed by atoms with E-state index in [2.05, 4.69) is 33.8 Å². The van der Waals surface area contributed by atoms with Crippen LogP contribution in [0.2, 0.25) is 0 Å². The first-order valence-corrected chi connectivity index (χ1v) is 9.13. The molecule has 1 fully saturated rings. The number of hydrogen-bond acceptors (Lipinski definition) is 3. The van der Waals surface area contributed by atoms with Crippen LogP contribution < -0.4 is 10.6 Å². The number of amides is 1. The second-order valence-electron chi connectivity index (χ2n) is 6.90. The van der Waals surface area contributed by atoms with Gasteiger partial charge in [0.15, 0.2) is 0 Å². The molecule has 3 N–H and O–H groups in total. The Morgan fingerprint density at radius 1 is 1.17 bits per heavy atom. The average molecular weight is 326 g/mol. The molecular weight excluding hydrogens is 300 g/mol. The molecule has 0 atom stereocenters. The number of rotatable bonds is 4. The highest BCUT2D eigenvalue weighted by molar-refractivity contribution is 5.85. The molecule has 1 aromatic heterocycles. The largest absolute Gasteiger partial charge is 0.358 e. The first kappa shape index (κ1) is 15.7. The monoisotopic (exact) mass is 326 g/mol. The number of benzene rings is 1. The van der Waals surface area contributed by atoms with Gasteiger partial charge in [0.05, 0.1) is 6.54 Å². The van der Waals surface area contributed by atoms with Crippen molar-refractivity contribution in [2.75, 3.05) is 32.7 Å². The summed E-state index contributed by atoms with van der Waals surface area (Å²) in [7, 11) is 0. The summed E-state index contributed by atoms with van der Waals surface area (Å²) in [6.07, 6.45) is 4.95. The first-order chi connectivity index (χ1) is 11.8. The molecule has 5 nitrogen and oxygen atoms in total. The fourth-order valence-electron chi connectivity index (χ4n) is 3.90. The van der Waals surface area contributed by atoms with E-state index < -0.39 is 0 Å². The highest BCUT2D eigenvalue weighted by Gasteiger charge is 2.17. The van der Waals surface area contributed by atoms with Crippen molar-refractivity contribution < 1.29 is 4.79 Å². The van der Waals surface area contributed by atoms with Crippen LogP contribution in [0.3, 0.4) is 0 Å². The molecule has 1 amide bonds. The van der Waals surface area contributed by atoms with Crippen LogP contribution in [-0.2, 0) is 24.2 Å². The minimum absolute atomic E-state index is 0.205. The molecule has 0 saturated carbocycles. The van der Waals surface area contributed by atoms with Gasteiger partial charge in [0.1, 0.15) is 0 Å². The summed E-state index contributed by atoms with van der Waals surface area (Å²) in [6, 6.07) is 6.63. The Balaban J connectivity index is 1.38. The lowest BCUT2D eigenvalue weighted by Gasteiger charge is -2.27. The average Bonchev–Trinajstić information content (AvgIpc) is 3.00. The van der Waals surface area contributed by atoms with Crippen LogP contribution >= 0.6 is 0 Å². The van der Waals surface area contributed by atoms with E-state index in [0.717, 1.165) is 32.7 Å². The summed E-state index contributed by atoms with van der Waals surface area (Å²) in [5.74, 6) is 0.205. The maximum atomic E-state index is 12.2. The van der Waals surface area contributed by atoms with Gasteiger partial charge in [0, 0.05) is 49.3 Å². The number of aromatic amines is 1. The second kappa shape index (κ2) is 6.95. The minimum Gasteiger partial charge on any atom is -0.358 e. The molecule has 2 aromatic rings. The van der Waals surface area contributed by atoms with Crippen LogP contribution in [0, 0.1) is 0 Å². The van der Waals surface area contributed by atoms with Crippen molar-refractivity contribution in [2.24, 2.45) is 0 Å². The van der Waals surface area contributed by atoms with Crippen molar-refractivity contribution in [1.82, 2.24) is 20.5 Å². The number of aromatic nitrogens is 1. The van der Waals surface area contributed by atoms with E-state index in [0.29, 0.717) is 6.54 Å². The summed E-state index contributed by atoms with van der Waals surface area (Å²) in [5.41, 5.74) is 5.44. The molecule has 2 aliphatic rings. The lowest BCUT2D eigenvalue weighted by atomic mass is 9.95. The Morgan fingerprint density at radius 2 is 2.00 bits per heavy atom. The Bertz CT molecular complexity index is 730. The maximum absolute atomic E-state index is 12.2. The lowest BCUT2D eigenvalue weighted by Crippen LogP contribution is -2.48. The van der Waals surface area contributed by atoms with Crippen molar-refractivity contribution >= 4 is 16.8 Å². The molecule has 0 radical (unpaired) electrons. The Labute approximate surface area is 142 Å². The van der Waals surface area contributed by atoms with Crippen molar-refractivity contribution in [3.05, 3.63) is 35.0 Å². The summed E-state index contributed by atoms with van der Waals surface area (Å²) in [5, 5.41) is 7.96. The molecule has 24 heavy (non-hydrogen) atoms. The Morgan fingerprint density at radius 3 is 2.88 bits per heavy atom. The van der Waals surface area contributed by atoms with Gasteiger partial charge in [-0.1, -0.05) is 6.07 Å². The number of aryl methyl sites for hydroxylation is 2. The SMILES string of the molecule is O=C(CNCc1ccc2[nH]c3c(c2c1)CCCC3)N1CCNCC1. The van der Waals surface area contributed by atoms with E-state index in [1.807, 2.05) is 4.90 Å². The van der Waals surface area contributed by atoms with Crippen LogP contribution in [0.15, 0.2) is 18.2 Å². The highest BCUT2D eigenvalue weighted by Crippen LogP contribution is 2.29. The number of carbonyl (C=O) groups is 1. The number of nitrogens with zero attached hydrogens (tertiary/aromatic N) is 1. The number of fused-ring (bicyclic) bond motifs is 3. The van der Waals surface area contributed by atoms with Crippen LogP contribution in [0.5, 0.6) is 0 Å². The quantitative estimate of drug-likeness (QED) is 0.799. The molecular formula is C19H26N4O. The van der Waals surface area contributed by atoms with Crippen LogP contribution in [0.4, 0.5) is 0 Å². The Hall–Kier alpha value is -1.85. The van der Waals surface area contributed by atoms with Crippen LogP contribution in [-0.4, -0.2) is 48.5 Å². The molecule has 1 aliphatic heterocycles. The third kappa shape index (κ3) is 3.19. The van der Waals surface area contributed by atoms with E-state index in [1.54, 1.807) is 0 Å². The first-order valence-electron chi connectivity index (χ1n) is 9.13. The van der Waals surface area contributed by atoms with Crippen molar-refractivity contribution in [3.63, 3.8) is 0 Å². The third-order valence-electron chi connectivity index (χ3n) is 5.24. The molecule has 5 heteroatoms. The van der Waals surface area contributed by atoms with E-state index in [1.165, 1.54) is 53.4 Å². The van der Waals surface area contributed by atoms with Gasteiger partial charge in [-0.05, 0) is 48.9 Å². The van der Waals surface area contributed by atoms with Gasteiger partial charge in [0.2, 0.25) is 5.91 Å². The zero-order valence-electron chi connectivity index (χ0n) is 14.2. The fraction of sp³-hybridized carbons (Fsp3) is 0.526. The lowest BCUT2D eigenvalue weighted by molar-refractivity contribution is -0.130. The van der Waals surface area contributed by atoms with Crippen molar-refractivity contribution in [1.29, 1.82) is 0 Å². The number of piperazine rings is 1. The van der Waals surface area contributed by atoms with Gasteiger partial charge in [-0.3, -0.25) is 4.79 Å². The van der Waals surface area contributed by atoms with Crippen molar-refractivity contribution in [3.8, 4) is 0 Å². The Kier molecular flexibility index (Phi) is 4.54. The minimum atomic E-state index is 0.205. The molecule has 1 aliphatic carbocycles. The van der Waals surface area contributed by atoms with Gasteiger partial charge in [-0.2, -0.15) is 0 Å². The molecule has 0 spiro atoms. The number of hydrogen-bond donors (Lipinski definition) is 3. The zero-order chi connectivity index (χ0) is 16.4. The summed E-state index contributed by atoms with van der Waals surface area (Å²) in [6.45, 7) is 4.61. The third-order valence-corrected chi connectivity index (χ3v) is 5.24. The summed E-state index contributed by atoms with van der Waals surface area (Å²) in [4.78, 5) is 17.7. The number of H-pyrrole nitrogens is 1. The molecule has 0 unspecified atom stereocenters. The maximum Gasteiger partial charge on any atom is 0.236 e. The number of nitrogens with one attached hydrogen (secondary N) is 3. The van der Waals surface area contributed by atoms with E-state index in [-0.39, 0.29) is 5.91 Å². The van der Waals surface area contributed by atoms with Gasteiger partial charge >= 0.3 is 0 Å². The molecule has 2 heterocycles.